The summed E-state index contributed by atoms with van der Waals surface area (Å²) in [6, 6.07) is 7.96. The lowest BCUT2D eigenvalue weighted by molar-refractivity contribution is -0.274. The fourth-order valence-electron chi connectivity index (χ4n) is 3.46. The molecule has 7 nitrogen and oxygen atoms in total. The minimum Gasteiger partial charge on any atom is -0.415 e. The molecule has 1 aromatic heterocycles. The van der Waals surface area contributed by atoms with Crippen molar-refractivity contribution in [3.8, 4) is 17.2 Å². The highest BCUT2D eigenvalue weighted by Crippen LogP contribution is 2.30. The highest BCUT2D eigenvalue weighted by Gasteiger charge is 2.32. The van der Waals surface area contributed by atoms with Crippen molar-refractivity contribution in [2.45, 2.75) is 19.3 Å². The van der Waals surface area contributed by atoms with Crippen molar-refractivity contribution in [2.24, 2.45) is 0 Å². The van der Waals surface area contributed by atoms with Crippen LogP contribution in [0.3, 0.4) is 0 Å². The molecule has 1 aliphatic rings. The van der Waals surface area contributed by atoms with E-state index in [1.165, 1.54) is 29.2 Å². The lowest BCUT2D eigenvalue weighted by atomic mass is 10.1. The molecule has 0 aliphatic carbocycles. The summed E-state index contributed by atoms with van der Waals surface area (Å²) in [5.41, 5.74) is 0.137. The Hall–Kier alpha value is -3.42. The number of urea groups is 1. The molecule has 2 amide bonds. The van der Waals surface area contributed by atoms with E-state index in [1.54, 1.807) is 11.8 Å². The SMILES string of the molecule is O=C(N1CCSCC1)N(Cc1ccc(-c2nnc(C(F)F)o2)cc1F)c1cccc(OC(F)(F)F)c1. The number of carbonyl (C=O) groups excluding carboxylic acids is 1. The molecule has 0 spiro atoms. The minimum absolute atomic E-state index is 0.0224. The molecule has 36 heavy (non-hydrogen) atoms. The fraction of sp³-hybridized carbons (Fsp3) is 0.318. The highest BCUT2D eigenvalue weighted by molar-refractivity contribution is 7.99. The largest absolute Gasteiger partial charge is 0.573 e. The molecule has 2 heterocycles. The molecule has 1 fully saturated rings. The van der Waals surface area contributed by atoms with E-state index in [0.717, 1.165) is 23.1 Å². The van der Waals surface area contributed by atoms with Gasteiger partial charge < -0.3 is 14.1 Å². The van der Waals surface area contributed by atoms with Crippen molar-refractivity contribution in [2.75, 3.05) is 29.5 Å². The zero-order valence-electron chi connectivity index (χ0n) is 18.3. The first-order valence-corrected chi connectivity index (χ1v) is 11.7. The van der Waals surface area contributed by atoms with Crippen LogP contribution in [0.2, 0.25) is 0 Å². The molecule has 0 radical (unpaired) electrons. The number of hydrogen-bond donors (Lipinski definition) is 0. The van der Waals surface area contributed by atoms with Gasteiger partial charge in [0.1, 0.15) is 11.6 Å². The van der Waals surface area contributed by atoms with Gasteiger partial charge in [-0.05, 0) is 24.3 Å². The van der Waals surface area contributed by atoms with Gasteiger partial charge >= 0.3 is 18.8 Å². The number of hydrogen-bond acceptors (Lipinski definition) is 6. The van der Waals surface area contributed by atoms with Gasteiger partial charge in [-0.15, -0.1) is 23.4 Å². The van der Waals surface area contributed by atoms with E-state index in [4.69, 9.17) is 4.42 Å². The van der Waals surface area contributed by atoms with Crippen molar-refractivity contribution >= 4 is 23.5 Å². The monoisotopic (exact) mass is 532 g/mol. The Labute approximate surface area is 205 Å². The number of benzene rings is 2. The van der Waals surface area contributed by atoms with Crippen molar-refractivity contribution in [3.05, 3.63) is 59.7 Å². The van der Waals surface area contributed by atoms with E-state index in [0.29, 0.717) is 24.6 Å². The predicted octanol–water partition coefficient (Wildman–Crippen LogP) is 5.89. The van der Waals surface area contributed by atoms with Gasteiger partial charge in [0.15, 0.2) is 0 Å². The number of alkyl halides is 5. The maximum atomic E-state index is 15.0. The van der Waals surface area contributed by atoms with Gasteiger partial charge in [0.05, 0.1) is 6.54 Å². The second-order valence-electron chi connectivity index (χ2n) is 7.57. The van der Waals surface area contributed by atoms with E-state index in [1.807, 2.05) is 0 Å². The lowest BCUT2D eigenvalue weighted by Crippen LogP contribution is -2.46. The maximum absolute atomic E-state index is 15.0. The van der Waals surface area contributed by atoms with Crippen molar-refractivity contribution in [1.82, 2.24) is 15.1 Å². The second-order valence-corrected chi connectivity index (χ2v) is 8.79. The Kier molecular flexibility index (Phi) is 7.62. The van der Waals surface area contributed by atoms with Crippen LogP contribution in [0.15, 0.2) is 46.9 Å². The summed E-state index contributed by atoms with van der Waals surface area (Å²) in [6.45, 7) is 0.518. The number of rotatable bonds is 6. The lowest BCUT2D eigenvalue weighted by Gasteiger charge is -2.33. The van der Waals surface area contributed by atoms with Gasteiger partial charge in [0.2, 0.25) is 5.89 Å². The fourth-order valence-corrected chi connectivity index (χ4v) is 4.36. The number of anilines is 1. The molecule has 0 N–H and O–H groups in total. The topological polar surface area (TPSA) is 71.7 Å². The summed E-state index contributed by atoms with van der Waals surface area (Å²) in [4.78, 5) is 16.0. The van der Waals surface area contributed by atoms with Crippen LogP contribution in [0.1, 0.15) is 17.9 Å². The number of aromatic nitrogens is 2. The molecule has 0 unspecified atom stereocenters. The smallest absolute Gasteiger partial charge is 0.415 e. The summed E-state index contributed by atoms with van der Waals surface area (Å²) in [5.74, 6) is -1.19. The molecular formula is C22H18F6N4O3S. The Balaban J connectivity index is 1.63. The zero-order chi connectivity index (χ0) is 25.9. The van der Waals surface area contributed by atoms with Crippen LogP contribution < -0.4 is 9.64 Å². The first kappa shape index (κ1) is 25.7. The van der Waals surface area contributed by atoms with E-state index in [9.17, 15) is 26.7 Å². The average molecular weight is 532 g/mol. The molecule has 0 bridgehead atoms. The first-order valence-electron chi connectivity index (χ1n) is 10.5. The third-order valence-corrected chi connectivity index (χ3v) is 6.07. The summed E-state index contributed by atoms with van der Waals surface area (Å²) in [7, 11) is 0. The summed E-state index contributed by atoms with van der Waals surface area (Å²) < 4.78 is 87.4. The summed E-state index contributed by atoms with van der Waals surface area (Å²) in [5, 5.41) is 6.67. The van der Waals surface area contributed by atoms with Gasteiger partial charge in [-0.25, -0.2) is 9.18 Å². The van der Waals surface area contributed by atoms with Gasteiger partial charge in [0.25, 0.3) is 5.89 Å². The van der Waals surface area contributed by atoms with Gasteiger partial charge in [-0.3, -0.25) is 4.90 Å². The quantitative estimate of drug-likeness (QED) is 0.369. The standard InChI is InChI=1S/C22H18F6N4O3S/c23-17-10-13(19-29-30-20(34-19)18(24)25)4-5-14(17)12-32(21(33)31-6-8-36-9-7-31)15-2-1-3-16(11-15)35-22(26,27)28/h1-5,10-11,18H,6-9,12H2. The Morgan fingerprint density at radius 2 is 1.89 bits per heavy atom. The molecule has 3 aromatic rings. The third kappa shape index (κ3) is 6.22. The summed E-state index contributed by atoms with van der Waals surface area (Å²) in [6.07, 6.45) is -7.92. The first-order chi connectivity index (χ1) is 17.1. The number of halogens is 6. The van der Waals surface area contributed by atoms with Gasteiger partial charge in [-0.1, -0.05) is 12.1 Å². The van der Waals surface area contributed by atoms with Crippen LogP contribution in [-0.2, 0) is 6.54 Å². The Morgan fingerprint density at radius 1 is 1.14 bits per heavy atom. The molecule has 2 aromatic carbocycles. The number of nitrogens with zero attached hydrogens (tertiary/aromatic N) is 4. The maximum Gasteiger partial charge on any atom is 0.573 e. The van der Waals surface area contributed by atoms with E-state index in [2.05, 4.69) is 14.9 Å². The zero-order valence-corrected chi connectivity index (χ0v) is 19.2. The Morgan fingerprint density at radius 3 is 2.53 bits per heavy atom. The molecule has 1 aliphatic heterocycles. The van der Waals surface area contributed by atoms with Crippen molar-refractivity contribution in [3.63, 3.8) is 0 Å². The number of amides is 2. The van der Waals surface area contributed by atoms with Crippen LogP contribution in [-0.4, -0.2) is 52.1 Å². The normalized spacial score (nSPS) is 14.2. The van der Waals surface area contributed by atoms with E-state index < -0.39 is 36.3 Å². The van der Waals surface area contributed by atoms with E-state index in [-0.39, 0.29) is 29.2 Å². The van der Waals surface area contributed by atoms with Gasteiger partial charge in [-0.2, -0.15) is 20.5 Å². The molecule has 4 rings (SSSR count). The van der Waals surface area contributed by atoms with Gasteiger partial charge in [0, 0.05) is 47.5 Å². The van der Waals surface area contributed by atoms with Crippen LogP contribution in [0.4, 0.5) is 36.8 Å². The van der Waals surface area contributed by atoms with Crippen LogP contribution in [0.25, 0.3) is 11.5 Å². The molecule has 192 valence electrons. The van der Waals surface area contributed by atoms with Crippen molar-refractivity contribution < 1.29 is 40.3 Å². The third-order valence-electron chi connectivity index (χ3n) is 5.13. The number of thioether (sulfide) groups is 1. The highest BCUT2D eigenvalue weighted by atomic mass is 32.2. The predicted molar refractivity (Wildman–Crippen MR) is 118 cm³/mol. The molecule has 1 saturated heterocycles. The molecule has 0 saturated carbocycles. The van der Waals surface area contributed by atoms with Crippen LogP contribution in [0, 0.1) is 5.82 Å². The molecule has 14 heteroatoms. The average Bonchev–Trinajstić information content (AvgIpc) is 3.33. The number of carbonyl (C=O) groups is 1. The molecular weight excluding hydrogens is 514 g/mol. The second kappa shape index (κ2) is 10.7. The Bertz CT molecular complexity index is 1220. The summed E-state index contributed by atoms with van der Waals surface area (Å²) >= 11 is 1.66. The van der Waals surface area contributed by atoms with Crippen molar-refractivity contribution in [1.29, 1.82) is 0 Å². The minimum atomic E-state index is -4.93. The van der Waals surface area contributed by atoms with E-state index >= 15 is 4.39 Å². The molecule has 0 atom stereocenters. The van der Waals surface area contributed by atoms with Crippen LogP contribution in [0.5, 0.6) is 5.75 Å². The van der Waals surface area contributed by atoms with Crippen LogP contribution >= 0.6 is 11.8 Å². The number of ether oxygens (including phenoxy) is 1.